The Morgan fingerprint density at radius 1 is 1.39 bits per heavy atom. The third-order valence-electron chi connectivity index (χ3n) is 5.54. The molecule has 1 aromatic heterocycles. The molecular formula is C19H20F3N3O3. The number of piperidine rings is 1. The Bertz CT molecular complexity index is 927. The Hall–Kier alpha value is -2.58. The van der Waals surface area contributed by atoms with E-state index in [1.807, 2.05) is 0 Å². The van der Waals surface area contributed by atoms with E-state index in [4.69, 9.17) is 9.26 Å². The van der Waals surface area contributed by atoms with E-state index >= 15 is 0 Å². The van der Waals surface area contributed by atoms with E-state index in [-0.39, 0.29) is 28.6 Å². The van der Waals surface area contributed by atoms with Gasteiger partial charge >= 0.3 is 6.18 Å². The lowest BCUT2D eigenvalue weighted by Gasteiger charge is -2.23. The lowest BCUT2D eigenvalue weighted by atomic mass is 10.1. The summed E-state index contributed by atoms with van der Waals surface area (Å²) in [7, 11) is 0. The van der Waals surface area contributed by atoms with Crippen LogP contribution < -0.4 is 4.74 Å². The first-order valence-corrected chi connectivity index (χ1v) is 9.04. The van der Waals surface area contributed by atoms with Crippen molar-refractivity contribution in [2.24, 2.45) is 5.92 Å². The van der Waals surface area contributed by atoms with Gasteiger partial charge in [-0.3, -0.25) is 4.79 Å². The van der Waals surface area contributed by atoms with E-state index in [1.165, 1.54) is 6.07 Å². The van der Waals surface area contributed by atoms with Gasteiger partial charge in [-0.15, -0.1) is 0 Å². The van der Waals surface area contributed by atoms with Crippen LogP contribution in [0.2, 0.25) is 0 Å². The van der Waals surface area contributed by atoms with Crippen LogP contribution in [0.5, 0.6) is 5.75 Å². The minimum absolute atomic E-state index is 0.0644. The van der Waals surface area contributed by atoms with Crippen LogP contribution in [0.4, 0.5) is 13.2 Å². The third-order valence-corrected chi connectivity index (χ3v) is 5.54. The number of ether oxygens (including phenoxy) is 1. The van der Waals surface area contributed by atoms with Crippen LogP contribution >= 0.6 is 0 Å². The van der Waals surface area contributed by atoms with Gasteiger partial charge in [0.2, 0.25) is 5.89 Å². The number of carbonyl (C=O) groups excluding carboxylic acids is 1. The number of likely N-dealkylation sites (tertiary alicyclic amines) is 1. The molecule has 2 unspecified atom stereocenters. The summed E-state index contributed by atoms with van der Waals surface area (Å²) in [5, 5.41) is 4.00. The number of rotatable bonds is 4. The molecule has 0 radical (unpaired) electrons. The fourth-order valence-corrected chi connectivity index (χ4v) is 3.83. The van der Waals surface area contributed by atoms with Crippen molar-refractivity contribution in [3.05, 3.63) is 41.0 Å². The molecule has 2 fully saturated rings. The summed E-state index contributed by atoms with van der Waals surface area (Å²) in [6, 6.07) is 4.61. The lowest BCUT2D eigenvalue weighted by molar-refractivity contribution is -0.189. The summed E-state index contributed by atoms with van der Waals surface area (Å²) < 4.78 is 48.9. The van der Waals surface area contributed by atoms with E-state index in [0.717, 1.165) is 18.9 Å². The van der Waals surface area contributed by atoms with Gasteiger partial charge in [-0.05, 0) is 38.3 Å². The van der Waals surface area contributed by atoms with Crippen molar-refractivity contribution in [3.63, 3.8) is 0 Å². The van der Waals surface area contributed by atoms with Gasteiger partial charge < -0.3 is 14.2 Å². The minimum atomic E-state index is -4.51. The number of fused-ring (bicyclic) bond motifs is 1. The number of aryl methyl sites for hydroxylation is 2. The number of hydrogen-bond donors (Lipinski definition) is 0. The maximum Gasteiger partial charge on any atom is 0.425 e. The molecule has 2 aliphatic rings. The summed E-state index contributed by atoms with van der Waals surface area (Å²) in [6.07, 6.45) is -5.65. The maximum absolute atomic E-state index is 13.1. The number of carbonyl (C=O) groups is 1. The number of aromatic nitrogens is 2. The van der Waals surface area contributed by atoms with Crippen LogP contribution in [0.15, 0.2) is 22.7 Å². The molecule has 2 heterocycles. The Morgan fingerprint density at radius 3 is 2.79 bits per heavy atom. The predicted molar refractivity (Wildman–Crippen MR) is 92.0 cm³/mol. The highest BCUT2D eigenvalue weighted by molar-refractivity contribution is 5.97. The fraction of sp³-hybridized carbons (Fsp3) is 0.526. The van der Waals surface area contributed by atoms with Crippen molar-refractivity contribution < 1.29 is 27.2 Å². The second-order valence-corrected chi connectivity index (χ2v) is 7.68. The lowest BCUT2D eigenvalue weighted by Crippen LogP contribution is -2.35. The predicted octanol–water partition coefficient (Wildman–Crippen LogP) is 3.43. The van der Waals surface area contributed by atoms with Gasteiger partial charge in [0.1, 0.15) is 5.75 Å². The number of halogens is 3. The van der Waals surface area contributed by atoms with E-state index < -0.39 is 12.3 Å². The molecule has 0 N–H and O–H groups in total. The highest BCUT2D eigenvalue weighted by atomic mass is 19.4. The molecule has 1 saturated heterocycles. The molecular weight excluding hydrogens is 375 g/mol. The van der Waals surface area contributed by atoms with Gasteiger partial charge in [0.25, 0.3) is 5.91 Å². The third kappa shape index (κ3) is 3.12. The molecule has 4 rings (SSSR count). The molecule has 3 atom stereocenters. The Kier molecular flexibility index (Phi) is 4.17. The number of nitrogens with zero attached hydrogens (tertiary/aromatic N) is 3. The standard InChI is InChI=1S/C19H20F3N3O3/c1-10-4-5-15(27-11(2)19(20,21)22)14(6-10)16(26)25-8-13-7-18(13,9-25)17-23-12(3)28-24-17/h4-6,11,13H,7-9H2,1-3H3/t11-,13?,18?/m0/s1. The van der Waals surface area contributed by atoms with Crippen LogP contribution in [0.3, 0.4) is 0 Å². The van der Waals surface area contributed by atoms with Gasteiger partial charge in [0.15, 0.2) is 11.9 Å². The van der Waals surface area contributed by atoms with Crippen LogP contribution in [-0.2, 0) is 5.41 Å². The van der Waals surface area contributed by atoms with Crippen molar-refractivity contribution in [1.82, 2.24) is 15.0 Å². The smallest absolute Gasteiger partial charge is 0.425 e. The monoisotopic (exact) mass is 395 g/mol. The van der Waals surface area contributed by atoms with Crippen LogP contribution in [0, 0.1) is 19.8 Å². The quantitative estimate of drug-likeness (QED) is 0.794. The van der Waals surface area contributed by atoms with Crippen molar-refractivity contribution in [2.75, 3.05) is 13.1 Å². The first-order valence-electron chi connectivity index (χ1n) is 9.04. The average Bonchev–Trinajstić information content (AvgIpc) is 2.96. The topological polar surface area (TPSA) is 68.5 Å². The molecule has 1 aliphatic carbocycles. The molecule has 150 valence electrons. The SMILES string of the molecule is Cc1ccc(O[C@@H](C)C(F)(F)F)c(C(=O)N2CC3CC3(c3noc(C)n3)C2)c1. The first-order chi connectivity index (χ1) is 13.1. The van der Waals surface area contributed by atoms with E-state index in [1.54, 1.807) is 30.9 Å². The van der Waals surface area contributed by atoms with Crippen LogP contribution in [0.1, 0.15) is 41.0 Å². The summed E-state index contributed by atoms with van der Waals surface area (Å²) in [6.45, 7) is 5.33. The Balaban J connectivity index is 1.57. The molecule has 1 amide bonds. The van der Waals surface area contributed by atoms with Gasteiger partial charge in [0.05, 0.1) is 11.0 Å². The molecule has 2 aromatic rings. The van der Waals surface area contributed by atoms with Crippen molar-refractivity contribution in [2.45, 2.75) is 44.9 Å². The highest BCUT2D eigenvalue weighted by Gasteiger charge is 2.64. The summed E-state index contributed by atoms with van der Waals surface area (Å²) in [5.41, 5.74) is 0.595. The molecule has 0 spiro atoms. The number of benzene rings is 1. The molecule has 9 heteroatoms. The molecule has 28 heavy (non-hydrogen) atoms. The van der Waals surface area contributed by atoms with Gasteiger partial charge in [-0.1, -0.05) is 16.8 Å². The molecule has 0 bridgehead atoms. The molecule has 6 nitrogen and oxygen atoms in total. The van der Waals surface area contributed by atoms with Crippen LogP contribution in [-0.4, -0.2) is 46.3 Å². The molecule has 1 aromatic carbocycles. The van der Waals surface area contributed by atoms with Gasteiger partial charge in [-0.2, -0.15) is 18.2 Å². The van der Waals surface area contributed by atoms with E-state index in [0.29, 0.717) is 24.8 Å². The Labute approximate surface area is 159 Å². The summed E-state index contributed by atoms with van der Waals surface area (Å²) in [4.78, 5) is 19.0. The number of alkyl halides is 3. The van der Waals surface area contributed by atoms with Gasteiger partial charge in [0, 0.05) is 20.0 Å². The maximum atomic E-state index is 13.1. The highest BCUT2D eigenvalue weighted by Crippen LogP contribution is 2.58. The second kappa shape index (κ2) is 6.22. The normalized spacial score (nSPS) is 24.8. The van der Waals surface area contributed by atoms with Gasteiger partial charge in [-0.25, -0.2) is 0 Å². The minimum Gasteiger partial charge on any atom is -0.480 e. The molecule has 1 saturated carbocycles. The average molecular weight is 395 g/mol. The van der Waals surface area contributed by atoms with E-state index in [2.05, 4.69) is 10.1 Å². The fourth-order valence-electron chi connectivity index (χ4n) is 3.83. The number of amides is 1. The molecule has 1 aliphatic heterocycles. The van der Waals surface area contributed by atoms with Crippen LogP contribution in [0.25, 0.3) is 0 Å². The second-order valence-electron chi connectivity index (χ2n) is 7.68. The number of hydrogen-bond acceptors (Lipinski definition) is 5. The zero-order valence-corrected chi connectivity index (χ0v) is 15.7. The van der Waals surface area contributed by atoms with E-state index in [9.17, 15) is 18.0 Å². The summed E-state index contributed by atoms with van der Waals surface area (Å²) in [5.74, 6) is 0.883. The van der Waals surface area contributed by atoms with Crippen molar-refractivity contribution in [1.29, 1.82) is 0 Å². The van der Waals surface area contributed by atoms with Crippen molar-refractivity contribution in [3.8, 4) is 5.75 Å². The summed E-state index contributed by atoms with van der Waals surface area (Å²) >= 11 is 0. The zero-order valence-electron chi connectivity index (χ0n) is 15.7. The zero-order chi connectivity index (χ0) is 20.3. The Morgan fingerprint density at radius 2 is 2.14 bits per heavy atom. The first kappa shape index (κ1) is 18.8. The van der Waals surface area contributed by atoms with Crippen molar-refractivity contribution >= 4 is 5.91 Å². The largest absolute Gasteiger partial charge is 0.480 e.